The number of primary amides is 1. The topological polar surface area (TPSA) is 118 Å². The number of nitrogens with zero attached hydrogens (tertiary/aromatic N) is 4. The maximum atomic E-state index is 13.9. The highest BCUT2D eigenvalue weighted by molar-refractivity contribution is 6.13. The Morgan fingerprint density at radius 2 is 1.89 bits per heavy atom. The largest absolute Gasteiger partial charge is 0.477 e. The van der Waals surface area contributed by atoms with Gasteiger partial charge in [0, 0.05) is 38.8 Å². The second-order valence-electron chi connectivity index (χ2n) is 9.75. The van der Waals surface area contributed by atoms with Gasteiger partial charge in [0.2, 0.25) is 17.7 Å². The molecule has 2 atom stereocenters. The van der Waals surface area contributed by atoms with E-state index in [1.165, 1.54) is 5.01 Å². The molecule has 2 aliphatic heterocycles. The average molecular weight is 478 g/mol. The maximum Gasteiger partial charge on any atom is 0.256 e. The number of likely N-dealkylation sites (tertiary alicyclic amines) is 1. The number of piperidine rings is 1. The molecular formula is C26H31N5O4. The summed E-state index contributed by atoms with van der Waals surface area (Å²) in [5.74, 6) is -1.52. The molecule has 0 bridgehead atoms. The monoisotopic (exact) mass is 477 g/mol. The van der Waals surface area contributed by atoms with Gasteiger partial charge >= 0.3 is 0 Å². The van der Waals surface area contributed by atoms with Crippen molar-refractivity contribution in [3.8, 4) is 5.88 Å². The van der Waals surface area contributed by atoms with E-state index in [0.717, 1.165) is 11.3 Å². The van der Waals surface area contributed by atoms with Gasteiger partial charge in [-0.2, -0.15) is 5.10 Å². The Labute approximate surface area is 204 Å². The summed E-state index contributed by atoms with van der Waals surface area (Å²) in [6.07, 6.45) is 2.50. The molecule has 3 amide bonds. The molecule has 1 fully saturated rings. The third-order valence-electron chi connectivity index (χ3n) is 7.11. The number of fused-ring (bicyclic) bond motifs is 1. The maximum absolute atomic E-state index is 13.9. The van der Waals surface area contributed by atoms with Crippen LogP contribution in [0.15, 0.2) is 59.8 Å². The second-order valence-corrected chi connectivity index (χ2v) is 9.75. The highest BCUT2D eigenvalue weighted by Crippen LogP contribution is 2.39. The number of hydrazone groups is 1. The summed E-state index contributed by atoms with van der Waals surface area (Å²) in [4.78, 5) is 45.4. The molecule has 35 heavy (non-hydrogen) atoms. The summed E-state index contributed by atoms with van der Waals surface area (Å²) in [6, 6.07) is 14.9. The fraction of sp³-hybridized carbons (Fsp3) is 0.423. The predicted molar refractivity (Wildman–Crippen MR) is 130 cm³/mol. The van der Waals surface area contributed by atoms with Gasteiger partial charge in [0.25, 0.3) is 5.91 Å². The van der Waals surface area contributed by atoms with E-state index in [2.05, 4.69) is 10.1 Å². The molecule has 1 aromatic carbocycles. The third-order valence-corrected chi connectivity index (χ3v) is 7.11. The van der Waals surface area contributed by atoms with Gasteiger partial charge in [-0.15, -0.1) is 0 Å². The lowest BCUT2D eigenvalue weighted by Gasteiger charge is -2.42. The van der Waals surface area contributed by atoms with Crippen LogP contribution in [0.25, 0.3) is 0 Å². The van der Waals surface area contributed by atoms with Gasteiger partial charge in [-0.05, 0) is 18.1 Å². The summed E-state index contributed by atoms with van der Waals surface area (Å²) in [5.41, 5.74) is 5.36. The fourth-order valence-electron chi connectivity index (χ4n) is 4.80. The van der Waals surface area contributed by atoms with E-state index in [-0.39, 0.29) is 25.0 Å². The highest BCUT2D eigenvalue weighted by Gasteiger charge is 2.54. The van der Waals surface area contributed by atoms with Crippen LogP contribution >= 0.6 is 0 Å². The highest BCUT2D eigenvalue weighted by atomic mass is 16.5. The third kappa shape index (κ3) is 4.62. The van der Waals surface area contributed by atoms with Crippen molar-refractivity contribution in [2.24, 2.45) is 27.6 Å². The Hall–Kier alpha value is -3.75. The first-order chi connectivity index (χ1) is 16.6. The minimum absolute atomic E-state index is 0.0667. The van der Waals surface area contributed by atoms with Crippen LogP contribution < -0.4 is 10.5 Å². The Morgan fingerprint density at radius 1 is 1.17 bits per heavy atom. The van der Waals surface area contributed by atoms with Crippen LogP contribution in [0.2, 0.25) is 0 Å². The van der Waals surface area contributed by atoms with Crippen LogP contribution in [0, 0.1) is 16.7 Å². The molecule has 0 radical (unpaired) electrons. The van der Waals surface area contributed by atoms with Gasteiger partial charge < -0.3 is 15.4 Å². The first kappa shape index (κ1) is 24.4. The van der Waals surface area contributed by atoms with E-state index in [4.69, 9.17) is 10.5 Å². The number of amides is 3. The molecule has 4 rings (SSSR count). The molecule has 2 aromatic rings. The number of hydrogen-bond donors (Lipinski definition) is 1. The predicted octanol–water partition coefficient (Wildman–Crippen LogP) is 1.88. The van der Waals surface area contributed by atoms with Gasteiger partial charge in [0.15, 0.2) is 0 Å². The quantitative estimate of drug-likeness (QED) is 0.623. The molecule has 2 N–H and O–H groups in total. The molecule has 0 aliphatic carbocycles. The smallest absolute Gasteiger partial charge is 0.256 e. The van der Waals surface area contributed by atoms with Gasteiger partial charge in [0.1, 0.15) is 12.0 Å². The van der Waals surface area contributed by atoms with Gasteiger partial charge in [-0.25, -0.2) is 9.99 Å². The summed E-state index contributed by atoms with van der Waals surface area (Å²) in [7, 11) is 1.65. The molecule has 0 saturated carbocycles. The lowest BCUT2D eigenvalue weighted by atomic mass is 9.72. The number of aromatic nitrogens is 1. The SMILES string of the molecule is CN1N=C2CCN(C(=O)[C@@H](COc3ccccn3)C(C)(C)C(N)=O)C[C@@]2(Cc2ccccc2)C1=O. The van der Waals surface area contributed by atoms with Crippen LogP contribution in [-0.4, -0.2) is 65.1 Å². The molecule has 1 aromatic heterocycles. The number of carbonyl (C=O) groups excluding carboxylic acids is 3. The first-order valence-corrected chi connectivity index (χ1v) is 11.7. The molecule has 3 heterocycles. The number of ether oxygens (including phenoxy) is 1. The standard InChI is InChI=1S/C26H31N5O4/c1-25(2,23(27)33)19(16-35-21-11-7-8-13-28-21)22(32)31-14-12-20-26(17-31,24(34)30(3)29-20)15-18-9-5-4-6-10-18/h4-11,13,19H,12,14-17H2,1-3H3,(H2,27,33)/t19-,26-/m1/s1. The molecule has 2 aliphatic rings. The molecule has 0 unspecified atom stereocenters. The zero-order chi connectivity index (χ0) is 25.2. The summed E-state index contributed by atoms with van der Waals surface area (Å²) in [6.45, 7) is 3.79. The van der Waals surface area contributed by atoms with Crippen molar-refractivity contribution < 1.29 is 19.1 Å². The zero-order valence-electron chi connectivity index (χ0n) is 20.3. The lowest BCUT2D eigenvalue weighted by Crippen LogP contribution is -2.58. The van der Waals surface area contributed by atoms with E-state index in [0.29, 0.717) is 25.3 Å². The van der Waals surface area contributed by atoms with E-state index >= 15 is 0 Å². The number of pyridine rings is 1. The minimum Gasteiger partial charge on any atom is -0.477 e. The summed E-state index contributed by atoms with van der Waals surface area (Å²) >= 11 is 0. The Morgan fingerprint density at radius 3 is 2.54 bits per heavy atom. The molecule has 9 heteroatoms. The molecule has 1 saturated heterocycles. The zero-order valence-corrected chi connectivity index (χ0v) is 20.3. The number of benzene rings is 1. The van der Waals surface area contributed by atoms with Crippen LogP contribution in [0.3, 0.4) is 0 Å². The van der Waals surface area contributed by atoms with E-state index in [1.807, 2.05) is 30.3 Å². The molecule has 0 spiro atoms. The Kier molecular flexibility index (Phi) is 6.60. The van der Waals surface area contributed by atoms with Crippen LogP contribution in [0.5, 0.6) is 5.88 Å². The van der Waals surface area contributed by atoms with Crippen molar-refractivity contribution >= 4 is 23.4 Å². The second kappa shape index (κ2) is 9.48. The molecular weight excluding hydrogens is 446 g/mol. The number of rotatable bonds is 8. The van der Waals surface area contributed by atoms with Crippen molar-refractivity contribution in [3.63, 3.8) is 0 Å². The molecule has 184 valence electrons. The van der Waals surface area contributed by atoms with Gasteiger partial charge in [-0.1, -0.05) is 50.2 Å². The van der Waals surface area contributed by atoms with Crippen molar-refractivity contribution in [1.82, 2.24) is 14.9 Å². The number of nitrogens with two attached hydrogens (primary N) is 1. The normalized spacial score (nSPS) is 20.8. The summed E-state index contributed by atoms with van der Waals surface area (Å²) in [5, 5.41) is 5.88. The minimum atomic E-state index is -1.18. The van der Waals surface area contributed by atoms with Crippen LogP contribution in [0.1, 0.15) is 25.8 Å². The lowest BCUT2D eigenvalue weighted by molar-refractivity contribution is -0.149. The van der Waals surface area contributed by atoms with Crippen molar-refractivity contribution in [2.75, 3.05) is 26.7 Å². The Balaban J connectivity index is 1.62. The van der Waals surface area contributed by atoms with Gasteiger partial charge in [-0.3, -0.25) is 14.4 Å². The summed E-state index contributed by atoms with van der Waals surface area (Å²) < 4.78 is 5.80. The van der Waals surface area contributed by atoms with E-state index in [1.54, 1.807) is 50.2 Å². The van der Waals surface area contributed by atoms with E-state index in [9.17, 15) is 14.4 Å². The Bertz CT molecular complexity index is 1130. The number of carbonyl (C=O) groups is 3. The number of hydrogen-bond acceptors (Lipinski definition) is 6. The van der Waals surface area contributed by atoms with Crippen LogP contribution in [0.4, 0.5) is 0 Å². The van der Waals surface area contributed by atoms with E-state index < -0.39 is 22.7 Å². The average Bonchev–Trinajstić information content (AvgIpc) is 3.09. The fourth-order valence-corrected chi connectivity index (χ4v) is 4.80. The molecule has 9 nitrogen and oxygen atoms in total. The van der Waals surface area contributed by atoms with Crippen LogP contribution in [-0.2, 0) is 20.8 Å². The van der Waals surface area contributed by atoms with Crippen molar-refractivity contribution in [3.05, 3.63) is 60.3 Å². The first-order valence-electron chi connectivity index (χ1n) is 11.7. The van der Waals surface area contributed by atoms with Gasteiger partial charge in [0.05, 0.1) is 17.0 Å². The van der Waals surface area contributed by atoms with Crippen molar-refractivity contribution in [2.45, 2.75) is 26.7 Å². The van der Waals surface area contributed by atoms with Crippen molar-refractivity contribution in [1.29, 1.82) is 0 Å².